The quantitative estimate of drug-likeness (QED) is 0.783. The Morgan fingerprint density at radius 2 is 1.84 bits per heavy atom. The van der Waals surface area contributed by atoms with Crippen molar-refractivity contribution in [3.8, 4) is 5.69 Å². The van der Waals surface area contributed by atoms with E-state index in [0.29, 0.717) is 12.3 Å². The van der Waals surface area contributed by atoms with Crippen LogP contribution in [0, 0.1) is 19.8 Å². The second-order valence-corrected chi connectivity index (χ2v) is 5.59. The van der Waals surface area contributed by atoms with Crippen LogP contribution in [0.4, 0.5) is 0 Å². The molecule has 0 N–H and O–H groups in total. The van der Waals surface area contributed by atoms with E-state index in [4.69, 9.17) is 0 Å². The molecule has 0 fully saturated rings. The lowest BCUT2D eigenvalue weighted by Gasteiger charge is -2.19. The van der Waals surface area contributed by atoms with Crippen LogP contribution in [0.15, 0.2) is 24.3 Å². The van der Waals surface area contributed by atoms with Crippen LogP contribution < -0.4 is 0 Å². The Labute approximate surface area is 113 Å². The van der Waals surface area contributed by atoms with Gasteiger partial charge in [-0.2, -0.15) is 5.10 Å². The summed E-state index contributed by atoms with van der Waals surface area (Å²) in [4.78, 5) is 12.2. The van der Waals surface area contributed by atoms with Gasteiger partial charge in [0.2, 0.25) is 0 Å². The minimum absolute atomic E-state index is 0.240. The van der Waals surface area contributed by atoms with Gasteiger partial charge >= 0.3 is 0 Å². The molecule has 0 saturated carbocycles. The van der Waals surface area contributed by atoms with Crippen molar-refractivity contribution in [2.24, 2.45) is 5.92 Å². The summed E-state index contributed by atoms with van der Waals surface area (Å²) in [5.41, 5.74) is 5.04. The van der Waals surface area contributed by atoms with Crippen molar-refractivity contribution in [3.63, 3.8) is 0 Å². The van der Waals surface area contributed by atoms with Crippen LogP contribution in [0.5, 0.6) is 0 Å². The Balaban J connectivity index is 2.16. The molecule has 1 unspecified atom stereocenters. The van der Waals surface area contributed by atoms with Gasteiger partial charge in [0.05, 0.1) is 22.6 Å². The summed E-state index contributed by atoms with van der Waals surface area (Å²) in [5.74, 6) is 0.643. The van der Waals surface area contributed by atoms with E-state index < -0.39 is 0 Å². The predicted octanol–water partition coefficient (Wildman–Crippen LogP) is 3.25. The molecule has 1 aromatic carbocycles. The molecule has 19 heavy (non-hydrogen) atoms. The van der Waals surface area contributed by atoms with Gasteiger partial charge in [0.15, 0.2) is 5.78 Å². The van der Waals surface area contributed by atoms with Gasteiger partial charge in [-0.1, -0.05) is 24.6 Å². The van der Waals surface area contributed by atoms with Crippen LogP contribution >= 0.6 is 0 Å². The Hall–Kier alpha value is -1.90. The standard InChI is InChI=1S/C16H18N2O/c1-10-4-6-13(7-5-10)18-14-8-11(2)9-15(19)16(14)12(3)17-18/h4-7,11H,8-9H2,1-3H3. The lowest BCUT2D eigenvalue weighted by molar-refractivity contribution is 0.0952. The molecule has 0 saturated heterocycles. The van der Waals surface area contributed by atoms with Crippen molar-refractivity contribution < 1.29 is 4.79 Å². The van der Waals surface area contributed by atoms with Crippen LogP contribution in [-0.2, 0) is 6.42 Å². The molecule has 1 aromatic heterocycles. The fraction of sp³-hybridized carbons (Fsp3) is 0.375. The Bertz CT molecular complexity index is 638. The van der Waals surface area contributed by atoms with E-state index in [1.807, 2.05) is 11.6 Å². The highest BCUT2D eigenvalue weighted by atomic mass is 16.1. The van der Waals surface area contributed by atoms with E-state index in [-0.39, 0.29) is 5.78 Å². The molecule has 0 aliphatic heterocycles. The van der Waals surface area contributed by atoms with E-state index in [2.05, 4.69) is 43.2 Å². The maximum Gasteiger partial charge on any atom is 0.166 e. The van der Waals surface area contributed by atoms with E-state index in [0.717, 1.165) is 29.1 Å². The number of aryl methyl sites for hydroxylation is 2. The molecule has 0 amide bonds. The number of rotatable bonds is 1. The SMILES string of the molecule is Cc1ccc(-n2nc(C)c3c2CC(C)CC3=O)cc1. The van der Waals surface area contributed by atoms with Crippen LogP contribution in [0.1, 0.15) is 40.7 Å². The summed E-state index contributed by atoms with van der Waals surface area (Å²) in [5, 5.41) is 4.57. The van der Waals surface area contributed by atoms with Crippen molar-refractivity contribution in [2.45, 2.75) is 33.6 Å². The smallest absolute Gasteiger partial charge is 0.166 e. The van der Waals surface area contributed by atoms with Crippen molar-refractivity contribution in [3.05, 3.63) is 46.8 Å². The molecule has 1 atom stereocenters. The average Bonchev–Trinajstić information content (AvgIpc) is 2.67. The highest BCUT2D eigenvalue weighted by Crippen LogP contribution is 2.29. The first kappa shape index (κ1) is 12.2. The van der Waals surface area contributed by atoms with Crippen LogP contribution in [-0.4, -0.2) is 15.6 Å². The third-order valence-corrected chi connectivity index (χ3v) is 3.79. The van der Waals surface area contributed by atoms with Gasteiger partial charge in [-0.25, -0.2) is 4.68 Å². The maximum atomic E-state index is 12.2. The van der Waals surface area contributed by atoms with Crippen LogP contribution in [0.3, 0.4) is 0 Å². The third kappa shape index (κ3) is 1.99. The molecule has 2 aromatic rings. The summed E-state index contributed by atoms with van der Waals surface area (Å²) in [6.45, 7) is 6.12. The number of nitrogens with zero attached hydrogens (tertiary/aromatic N) is 2. The number of carbonyl (C=O) groups is 1. The highest BCUT2D eigenvalue weighted by molar-refractivity contribution is 5.99. The summed E-state index contributed by atoms with van der Waals surface area (Å²) in [7, 11) is 0. The molecule has 0 bridgehead atoms. The minimum Gasteiger partial charge on any atom is -0.294 e. The number of hydrogen-bond acceptors (Lipinski definition) is 2. The van der Waals surface area contributed by atoms with Crippen LogP contribution in [0.25, 0.3) is 5.69 Å². The zero-order chi connectivity index (χ0) is 13.6. The first-order valence-corrected chi connectivity index (χ1v) is 6.75. The number of Topliss-reactive ketones (excluding diaryl/α,β-unsaturated/α-hetero) is 1. The number of aromatic nitrogens is 2. The monoisotopic (exact) mass is 254 g/mol. The Morgan fingerprint density at radius 3 is 2.53 bits per heavy atom. The molecule has 3 heteroatoms. The summed E-state index contributed by atoms with van der Waals surface area (Å²) < 4.78 is 1.94. The molecule has 98 valence electrons. The van der Waals surface area contributed by atoms with E-state index in [9.17, 15) is 4.79 Å². The second kappa shape index (κ2) is 4.34. The molecular formula is C16H18N2O. The topological polar surface area (TPSA) is 34.9 Å². The molecular weight excluding hydrogens is 236 g/mol. The molecule has 0 radical (unpaired) electrons. The molecule has 1 aliphatic carbocycles. The number of benzene rings is 1. The van der Waals surface area contributed by atoms with Crippen LogP contribution in [0.2, 0.25) is 0 Å². The lowest BCUT2D eigenvalue weighted by Crippen LogP contribution is -2.19. The van der Waals surface area contributed by atoms with Crippen molar-refractivity contribution >= 4 is 5.78 Å². The molecule has 0 spiro atoms. The lowest BCUT2D eigenvalue weighted by atomic mass is 9.87. The van der Waals surface area contributed by atoms with Gasteiger partial charge in [-0.3, -0.25) is 4.79 Å². The number of hydrogen-bond donors (Lipinski definition) is 0. The molecule has 3 rings (SSSR count). The third-order valence-electron chi connectivity index (χ3n) is 3.79. The van der Waals surface area contributed by atoms with Gasteiger partial charge in [0, 0.05) is 6.42 Å². The summed E-state index contributed by atoms with van der Waals surface area (Å²) >= 11 is 0. The predicted molar refractivity (Wildman–Crippen MR) is 74.9 cm³/mol. The first-order valence-electron chi connectivity index (χ1n) is 6.75. The number of fused-ring (bicyclic) bond motifs is 1. The Kier molecular flexibility index (Phi) is 2.77. The molecule has 3 nitrogen and oxygen atoms in total. The zero-order valence-corrected chi connectivity index (χ0v) is 11.6. The average molecular weight is 254 g/mol. The molecule has 1 heterocycles. The summed E-state index contributed by atoms with van der Waals surface area (Å²) in [6, 6.07) is 8.28. The van der Waals surface area contributed by atoms with Crippen molar-refractivity contribution in [1.29, 1.82) is 0 Å². The van der Waals surface area contributed by atoms with Gasteiger partial charge in [-0.05, 0) is 38.3 Å². The van der Waals surface area contributed by atoms with Gasteiger partial charge in [-0.15, -0.1) is 0 Å². The van der Waals surface area contributed by atoms with Crippen molar-refractivity contribution in [2.75, 3.05) is 0 Å². The van der Waals surface area contributed by atoms with Crippen molar-refractivity contribution in [1.82, 2.24) is 9.78 Å². The molecule has 1 aliphatic rings. The number of ketones is 1. The highest BCUT2D eigenvalue weighted by Gasteiger charge is 2.29. The fourth-order valence-electron chi connectivity index (χ4n) is 2.85. The van der Waals surface area contributed by atoms with E-state index in [1.54, 1.807) is 0 Å². The van der Waals surface area contributed by atoms with E-state index in [1.165, 1.54) is 5.56 Å². The number of carbonyl (C=O) groups excluding carboxylic acids is 1. The normalized spacial score (nSPS) is 18.5. The maximum absolute atomic E-state index is 12.2. The largest absolute Gasteiger partial charge is 0.294 e. The fourth-order valence-corrected chi connectivity index (χ4v) is 2.85. The Morgan fingerprint density at radius 1 is 1.16 bits per heavy atom. The zero-order valence-electron chi connectivity index (χ0n) is 11.6. The minimum atomic E-state index is 0.240. The summed E-state index contributed by atoms with van der Waals surface area (Å²) in [6.07, 6.45) is 1.57. The second-order valence-electron chi connectivity index (χ2n) is 5.59. The van der Waals surface area contributed by atoms with Gasteiger partial charge in [0.1, 0.15) is 0 Å². The van der Waals surface area contributed by atoms with Gasteiger partial charge in [0.25, 0.3) is 0 Å². The first-order chi connectivity index (χ1) is 9.06. The van der Waals surface area contributed by atoms with Gasteiger partial charge < -0.3 is 0 Å². The van der Waals surface area contributed by atoms with E-state index >= 15 is 0 Å².